The topological polar surface area (TPSA) is 52.6 Å². The van der Waals surface area contributed by atoms with Crippen molar-refractivity contribution in [1.82, 2.24) is 0 Å². The first-order valence-corrected chi connectivity index (χ1v) is 11.1. The largest absolute Gasteiger partial charge is 0.462 e. The lowest BCUT2D eigenvalue weighted by molar-refractivity contribution is 0.0497. The Kier molecular flexibility index (Phi) is 14.0. The van der Waals surface area contributed by atoms with E-state index in [1.54, 1.807) is 24.3 Å². The molecule has 0 N–H and O–H groups in total. The SMILES string of the molecule is CCCCCCCCCCCCOC(=O)c1cccc(C(=O)OCCCC)c1. The molecule has 0 saturated heterocycles. The van der Waals surface area contributed by atoms with Crippen LogP contribution in [0, 0.1) is 0 Å². The highest BCUT2D eigenvalue weighted by molar-refractivity contribution is 5.95. The van der Waals surface area contributed by atoms with Crippen LogP contribution in [0.15, 0.2) is 24.3 Å². The summed E-state index contributed by atoms with van der Waals surface area (Å²) in [6.45, 7) is 5.12. The first-order valence-electron chi connectivity index (χ1n) is 11.1. The van der Waals surface area contributed by atoms with E-state index in [0.29, 0.717) is 24.3 Å². The van der Waals surface area contributed by atoms with Gasteiger partial charge in [-0.3, -0.25) is 0 Å². The number of benzene rings is 1. The van der Waals surface area contributed by atoms with Gasteiger partial charge in [-0.1, -0.05) is 84.1 Å². The van der Waals surface area contributed by atoms with Crippen molar-refractivity contribution >= 4 is 11.9 Å². The summed E-state index contributed by atoms with van der Waals surface area (Å²) < 4.78 is 10.5. The Hall–Kier alpha value is -1.84. The summed E-state index contributed by atoms with van der Waals surface area (Å²) in [5, 5.41) is 0. The van der Waals surface area contributed by atoms with Crippen molar-refractivity contribution in [3.63, 3.8) is 0 Å². The second kappa shape index (κ2) is 16.1. The predicted octanol–water partition coefficient (Wildman–Crippen LogP) is 6.72. The van der Waals surface area contributed by atoms with Gasteiger partial charge in [0.25, 0.3) is 0 Å². The Bertz CT molecular complexity index is 553. The molecule has 1 aromatic rings. The Morgan fingerprint density at radius 3 is 1.57 bits per heavy atom. The van der Waals surface area contributed by atoms with Gasteiger partial charge in [0, 0.05) is 0 Å². The monoisotopic (exact) mass is 390 g/mol. The molecule has 0 radical (unpaired) electrons. The van der Waals surface area contributed by atoms with Gasteiger partial charge in [0.1, 0.15) is 0 Å². The highest BCUT2D eigenvalue weighted by atomic mass is 16.5. The lowest BCUT2D eigenvalue weighted by Gasteiger charge is -2.07. The van der Waals surface area contributed by atoms with Crippen LogP contribution in [0.2, 0.25) is 0 Å². The minimum absolute atomic E-state index is 0.376. The van der Waals surface area contributed by atoms with Gasteiger partial charge in [-0.05, 0) is 31.0 Å². The quantitative estimate of drug-likeness (QED) is 0.232. The van der Waals surface area contributed by atoms with E-state index < -0.39 is 5.97 Å². The lowest BCUT2D eigenvalue weighted by Crippen LogP contribution is -2.10. The molecule has 0 aliphatic carbocycles. The highest BCUT2D eigenvalue weighted by Crippen LogP contribution is 2.12. The van der Waals surface area contributed by atoms with Gasteiger partial charge in [-0.15, -0.1) is 0 Å². The van der Waals surface area contributed by atoms with Crippen molar-refractivity contribution < 1.29 is 19.1 Å². The van der Waals surface area contributed by atoms with E-state index in [9.17, 15) is 9.59 Å². The van der Waals surface area contributed by atoms with Gasteiger partial charge in [-0.25, -0.2) is 9.59 Å². The third-order valence-corrected chi connectivity index (χ3v) is 4.80. The molecule has 0 bridgehead atoms. The standard InChI is InChI=1S/C24H38O4/c1-3-5-7-8-9-10-11-12-13-14-19-28-24(26)22-17-15-16-21(20-22)23(25)27-18-6-4-2/h15-17,20H,3-14,18-19H2,1-2H3. The Balaban J connectivity index is 2.17. The maximum absolute atomic E-state index is 12.2. The summed E-state index contributed by atoms with van der Waals surface area (Å²) in [6, 6.07) is 6.57. The molecule has 4 heteroatoms. The number of carbonyl (C=O) groups is 2. The van der Waals surface area contributed by atoms with Gasteiger partial charge in [0.2, 0.25) is 0 Å². The van der Waals surface area contributed by atoms with Gasteiger partial charge in [0.15, 0.2) is 0 Å². The van der Waals surface area contributed by atoms with E-state index in [-0.39, 0.29) is 5.97 Å². The fraction of sp³-hybridized carbons (Fsp3) is 0.667. The van der Waals surface area contributed by atoms with Crippen LogP contribution in [0.3, 0.4) is 0 Å². The Morgan fingerprint density at radius 1 is 0.643 bits per heavy atom. The van der Waals surface area contributed by atoms with Gasteiger partial charge in [0.05, 0.1) is 24.3 Å². The summed E-state index contributed by atoms with van der Waals surface area (Å²) >= 11 is 0. The van der Waals surface area contributed by atoms with Crippen LogP contribution < -0.4 is 0 Å². The summed E-state index contributed by atoms with van der Waals surface area (Å²) in [7, 11) is 0. The molecular formula is C24H38O4. The molecule has 0 aliphatic rings. The molecule has 0 heterocycles. The second-order valence-corrected chi connectivity index (χ2v) is 7.39. The summed E-state index contributed by atoms with van der Waals surface area (Å²) in [5.41, 5.74) is 0.793. The van der Waals surface area contributed by atoms with Gasteiger partial charge >= 0.3 is 11.9 Å². The van der Waals surface area contributed by atoms with Crippen molar-refractivity contribution in [3.8, 4) is 0 Å². The predicted molar refractivity (Wildman–Crippen MR) is 114 cm³/mol. The summed E-state index contributed by atoms with van der Waals surface area (Å²) in [6.07, 6.45) is 14.3. The second-order valence-electron chi connectivity index (χ2n) is 7.39. The van der Waals surface area contributed by atoms with Crippen molar-refractivity contribution in [2.24, 2.45) is 0 Å². The molecule has 4 nitrogen and oxygen atoms in total. The van der Waals surface area contributed by atoms with E-state index in [0.717, 1.165) is 25.7 Å². The zero-order valence-corrected chi connectivity index (χ0v) is 17.8. The zero-order valence-electron chi connectivity index (χ0n) is 17.8. The first kappa shape index (κ1) is 24.2. The summed E-state index contributed by atoms with van der Waals surface area (Å²) in [5.74, 6) is -0.767. The molecule has 0 unspecified atom stereocenters. The average Bonchev–Trinajstić information content (AvgIpc) is 2.72. The Morgan fingerprint density at radius 2 is 1.07 bits per heavy atom. The van der Waals surface area contributed by atoms with Crippen LogP contribution in [-0.2, 0) is 9.47 Å². The normalized spacial score (nSPS) is 10.6. The molecular weight excluding hydrogens is 352 g/mol. The smallest absolute Gasteiger partial charge is 0.338 e. The molecule has 158 valence electrons. The Labute approximate surface area is 171 Å². The number of rotatable bonds is 16. The molecule has 0 aliphatic heterocycles. The number of ether oxygens (including phenoxy) is 2. The van der Waals surface area contributed by atoms with Crippen molar-refractivity contribution in [2.75, 3.05) is 13.2 Å². The molecule has 1 rings (SSSR count). The fourth-order valence-corrected chi connectivity index (χ4v) is 3.00. The number of hydrogen-bond acceptors (Lipinski definition) is 4. The lowest BCUT2D eigenvalue weighted by atomic mass is 10.1. The minimum Gasteiger partial charge on any atom is -0.462 e. The fourth-order valence-electron chi connectivity index (χ4n) is 3.00. The van der Waals surface area contributed by atoms with E-state index in [1.165, 1.54) is 51.4 Å². The zero-order chi connectivity index (χ0) is 20.5. The number of carbonyl (C=O) groups excluding carboxylic acids is 2. The van der Waals surface area contributed by atoms with Crippen molar-refractivity contribution in [1.29, 1.82) is 0 Å². The van der Waals surface area contributed by atoms with Gasteiger partial charge < -0.3 is 9.47 Å². The third kappa shape index (κ3) is 11.1. The van der Waals surface area contributed by atoms with Gasteiger partial charge in [-0.2, -0.15) is 0 Å². The van der Waals surface area contributed by atoms with E-state index in [1.807, 2.05) is 6.92 Å². The first-order chi connectivity index (χ1) is 13.7. The molecule has 0 atom stereocenters. The van der Waals surface area contributed by atoms with E-state index in [4.69, 9.17) is 9.47 Å². The van der Waals surface area contributed by atoms with Crippen LogP contribution in [0.25, 0.3) is 0 Å². The minimum atomic E-state index is -0.391. The third-order valence-electron chi connectivity index (χ3n) is 4.80. The molecule has 28 heavy (non-hydrogen) atoms. The maximum Gasteiger partial charge on any atom is 0.338 e. The number of hydrogen-bond donors (Lipinski definition) is 0. The van der Waals surface area contributed by atoms with Crippen molar-refractivity contribution in [3.05, 3.63) is 35.4 Å². The van der Waals surface area contributed by atoms with Crippen molar-refractivity contribution in [2.45, 2.75) is 90.9 Å². The number of unbranched alkanes of at least 4 members (excludes halogenated alkanes) is 10. The molecule has 0 aromatic heterocycles. The molecule has 1 aromatic carbocycles. The summed E-state index contributed by atoms with van der Waals surface area (Å²) in [4.78, 5) is 24.1. The van der Waals surface area contributed by atoms with Crippen LogP contribution in [0.4, 0.5) is 0 Å². The van der Waals surface area contributed by atoms with Crippen LogP contribution >= 0.6 is 0 Å². The molecule has 0 spiro atoms. The van der Waals surface area contributed by atoms with Crippen LogP contribution in [0.1, 0.15) is 112 Å². The van der Waals surface area contributed by atoms with Crippen LogP contribution in [0.5, 0.6) is 0 Å². The average molecular weight is 391 g/mol. The highest BCUT2D eigenvalue weighted by Gasteiger charge is 2.12. The van der Waals surface area contributed by atoms with Crippen LogP contribution in [-0.4, -0.2) is 25.2 Å². The molecule has 0 fully saturated rings. The van der Waals surface area contributed by atoms with E-state index in [2.05, 4.69) is 6.92 Å². The van der Waals surface area contributed by atoms with E-state index >= 15 is 0 Å². The number of esters is 2. The molecule has 0 saturated carbocycles. The molecule has 0 amide bonds. The maximum atomic E-state index is 12.2.